The van der Waals surface area contributed by atoms with Gasteiger partial charge in [0, 0.05) is 18.1 Å². The van der Waals surface area contributed by atoms with Crippen LogP contribution in [0, 0.1) is 11.3 Å². The van der Waals surface area contributed by atoms with Crippen LogP contribution in [0.1, 0.15) is 59.8 Å². The fraction of sp³-hybridized carbons (Fsp3) is 1.00. The van der Waals surface area contributed by atoms with E-state index in [1.165, 1.54) is 38.6 Å². The van der Waals surface area contributed by atoms with Crippen molar-refractivity contribution >= 4 is 0 Å². The molecule has 0 saturated heterocycles. The molecular formula is C15H30N2. The van der Waals surface area contributed by atoms with E-state index < -0.39 is 0 Å². The molecule has 2 N–H and O–H groups in total. The predicted octanol–water partition coefficient (Wildman–Crippen LogP) is 3.01. The van der Waals surface area contributed by atoms with Crippen molar-refractivity contribution in [2.45, 2.75) is 71.4 Å². The molecule has 1 atom stereocenters. The average molecular weight is 238 g/mol. The molecule has 0 radical (unpaired) electrons. The van der Waals surface area contributed by atoms with Gasteiger partial charge in [0.05, 0.1) is 0 Å². The summed E-state index contributed by atoms with van der Waals surface area (Å²) in [5.41, 5.74) is 6.89. The van der Waals surface area contributed by atoms with Crippen LogP contribution in [-0.4, -0.2) is 29.6 Å². The van der Waals surface area contributed by atoms with Crippen LogP contribution < -0.4 is 5.73 Å². The molecule has 17 heavy (non-hydrogen) atoms. The van der Waals surface area contributed by atoms with Crippen LogP contribution in [-0.2, 0) is 0 Å². The predicted molar refractivity (Wildman–Crippen MR) is 74.0 cm³/mol. The molecular weight excluding hydrogens is 208 g/mol. The van der Waals surface area contributed by atoms with Gasteiger partial charge in [0.1, 0.15) is 0 Å². The summed E-state index contributed by atoms with van der Waals surface area (Å²) in [6.45, 7) is 11.6. The van der Waals surface area contributed by atoms with Gasteiger partial charge < -0.3 is 5.73 Å². The lowest BCUT2D eigenvalue weighted by Crippen LogP contribution is -2.58. The van der Waals surface area contributed by atoms with E-state index in [0.717, 1.165) is 18.5 Å². The van der Waals surface area contributed by atoms with E-state index in [2.05, 4.69) is 32.6 Å². The Morgan fingerprint density at radius 1 is 1.35 bits per heavy atom. The molecule has 1 unspecified atom stereocenters. The first-order chi connectivity index (χ1) is 7.93. The number of rotatable bonds is 7. The first-order valence-electron chi connectivity index (χ1n) is 7.40. The van der Waals surface area contributed by atoms with Crippen LogP contribution >= 0.6 is 0 Å². The van der Waals surface area contributed by atoms with Crippen molar-refractivity contribution in [2.24, 2.45) is 17.1 Å². The second kappa shape index (κ2) is 4.55. The summed E-state index contributed by atoms with van der Waals surface area (Å²) in [5.74, 6) is 0.797. The van der Waals surface area contributed by atoms with Crippen molar-refractivity contribution in [3.63, 3.8) is 0 Å². The SMILES string of the molecule is CC(C)CCN(C1CC1)C(C)(CN)C1(C)CC1. The molecule has 2 aliphatic carbocycles. The quantitative estimate of drug-likeness (QED) is 0.739. The monoisotopic (exact) mass is 238 g/mol. The summed E-state index contributed by atoms with van der Waals surface area (Å²) < 4.78 is 0. The lowest BCUT2D eigenvalue weighted by atomic mass is 9.81. The van der Waals surface area contributed by atoms with Gasteiger partial charge >= 0.3 is 0 Å². The van der Waals surface area contributed by atoms with E-state index in [-0.39, 0.29) is 5.54 Å². The normalized spacial score (nSPS) is 26.3. The molecule has 2 heteroatoms. The Balaban J connectivity index is 2.07. The summed E-state index contributed by atoms with van der Waals surface area (Å²) in [7, 11) is 0. The lowest BCUT2D eigenvalue weighted by Gasteiger charge is -2.46. The van der Waals surface area contributed by atoms with Crippen molar-refractivity contribution in [1.29, 1.82) is 0 Å². The van der Waals surface area contributed by atoms with Gasteiger partial charge in [-0.2, -0.15) is 0 Å². The highest BCUT2D eigenvalue weighted by atomic mass is 15.3. The van der Waals surface area contributed by atoms with Gasteiger partial charge in [0.15, 0.2) is 0 Å². The Kier molecular flexibility index (Phi) is 3.57. The molecule has 0 spiro atoms. The Morgan fingerprint density at radius 2 is 1.94 bits per heavy atom. The van der Waals surface area contributed by atoms with Gasteiger partial charge in [-0.25, -0.2) is 0 Å². The van der Waals surface area contributed by atoms with Crippen LogP contribution in [0.15, 0.2) is 0 Å². The molecule has 0 aliphatic heterocycles. The Labute approximate surface area is 107 Å². The van der Waals surface area contributed by atoms with Gasteiger partial charge in [0.2, 0.25) is 0 Å². The van der Waals surface area contributed by atoms with Crippen LogP contribution in [0.4, 0.5) is 0 Å². The third-order valence-electron chi connectivity index (χ3n) is 5.27. The second-order valence-electron chi connectivity index (χ2n) is 7.15. The number of hydrogen-bond donors (Lipinski definition) is 1. The molecule has 0 aromatic carbocycles. The second-order valence-corrected chi connectivity index (χ2v) is 7.15. The number of hydrogen-bond acceptors (Lipinski definition) is 2. The van der Waals surface area contributed by atoms with Gasteiger partial charge in [0.25, 0.3) is 0 Å². The molecule has 0 aromatic heterocycles. The molecule has 2 fully saturated rings. The zero-order valence-corrected chi connectivity index (χ0v) is 12.1. The fourth-order valence-corrected chi connectivity index (χ4v) is 3.05. The van der Waals surface area contributed by atoms with Crippen LogP contribution in [0.5, 0.6) is 0 Å². The average Bonchev–Trinajstić information content (AvgIpc) is 3.14. The number of nitrogens with two attached hydrogens (primary N) is 1. The Morgan fingerprint density at radius 3 is 2.29 bits per heavy atom. The third-order valence-corrected chi connectivity index (χ3v) is 5.27. The molecule has 2 nitrogen and oxygen atoms in total. The Hall–Kier alpha value is -0.0800. The van der Waals surface area contributed by atoms with E-state index in [1.54, 1.807) is 0 Å². The van der Waals surface area contributed by atoms with Crippen molar-refractivity contribution in [3.8, 4) is 0 Å². The highest BCUT2D eigenvalue weighted by Crippen LogP contribution is 2.57. The van der Waals surface area contributed by atoms with Crippen LogP contribution in [0.3, 0.4) is 0 Å². The summed E-state index contributed by atoms with van der Waals surface area (Å²) in [5, 5.41) is 0. The van der Waals surface area contributed by atoms with E-state index in [1.807, 2.05) is 0 Å². The van der Waals surface area contributed by atoms with E-state index in [4.69, 9.17) is 5.73 Å². The lowest BCUT2D eigenvalue weighted by molar-refractivity contribution is 0.0357. The largest absolute Gasteiger partial charge is 0.329 e. The zero-order chi connectivity index (χ0) is 12.7. The van der Waals surface area contributed by atoms with E-state index >= 15 is 0 Å². The molecule has 0 aromatic rings. The van der Waals surface area contributed by atoms with Crippen molar-refractivity contribution in [1.82, 2.24) is 4.90 Å². The first kappa shape index (κ1) is 13.4. The molecule has 0 heterocycles. The van der Waals surface area contributed by atoms with Crippen molar-refractivity contribution in [3.05, 3.63) is 0 Å². The third kappa shape index (κ3) is 2.53. The standard InChI is InChI=1S/C15H30N2/c1-12(2)7-10-17(13-5-6-13)15(4,11-16)14(3)8-9-14/h12-13H,5-11,16H2,1-4H3. The van der Waals surface area contributed by atoms with Gasteiger partial charge in [-0.1, -0.05) is 20.8 Å². The Bertz CT molecular complexity index is 266. The minimum atomic E-state index is 0.239. The maximum absolute atomic E-state index is 6.16. The number of nitrogens with zero attached hydrogens (tertiary/aromatic N) is 1. The molecule has 0 amide bonds. The first-order valence-corrected chi connectivity index (χ1v) is 7.40. The summed E-state index contributed by atoms with van der Waals surface area (Å²) in [4.78, 5) is 2.76. The molecule has 2 rings (SSSR count). The maximum atomic E-state index is 6.16. The fourth-order valence-electron chi connectivity index (χ4n) is 3.05. The smallest absolute Gasteiger partial charge is 0.0359 e. The summed E-state index contributed by atoms with van der Waals surface area (Å²) in [6.07, 6.45) is 6.83. The van der Waals surface area contributed by atoms with E-state index in [9.17, 15) is 0 Å². The minimum Gasteiger partial charge on any atom is -0.329 e. The van der Waals surface area contributed by atoms with Gasteiger partial charge in [-0.3, -0.25) is 4.90 Å². The molecule has 0 bridgehead atoms. The zero-order valence-electron chi connectivity index (χ0n) is 12.1. The molecule has 2 saturated carbocycles. The van der Waals surface area contributed by atoms with Crippen molar-refractivity contribution in [2.75, 3.05) is 13.1 Å². The maximum Gasteiger partial charge on any atom is 0.0359 e. The van der Waals surface area contributed by atoms with E-state index in [0.29, 0.717) is 5.41 Å². The minimum absolute atomic E-state index is 0.239. The highest BCUT2D eigenvalue weighted by molar-refractivity contribution is 5.12. The van der Waals surface area contributed by atoms with Crippen LogP contribution in [0.2, 0.25) is 0 Å². The summed E-state index contributed by atoms with van der Waals surface area (Å²) in [6, 6.07) is 0.833. The van der Waals surface area contributed by atoms with Crippen molar-refractivity contribution < 1.29 is 0 Å². The van der Waals surface area contributed by atoms with Gasteiger partial charge in [-0.05, 0) is 56.9 Å². The van der Waals surface area contributed by atoms with Crippen LogP contribution in [0.25, 0.3) is 0 Å². The summed E-state index contributed by atoms with van der Waals surface area (Å²) >= 11 is 0. The highest BCUT2D eigenvalue weighted by Gasteiger charge is 2.57. The molecule has 100 valence electrons. The topological polar surface area (TPSA) is 29.3 Å². The molecule has 2 aliphatic rings. The van der Waals surface area contributed by atoms with Gasteiger partial charge in [-0.15, -0.1) is 0 Å².